The zero-order valence-corrected chi connectivity index (χ0v) is 9.71. The summed E-state index contributed by atoms with van der Waals surface area (Å²) in [6.07, 6.45) is 3.69. The largest absolute Gasteiger partial charge is 0.497 e. The van der Waals surface area contributed by atoms with E-state index in [2.05, 4.69) is 0 Å². The first-order valence-electron chi connectivity index (χ1n) is 4.75. The number of methoxy groups -OCH3 is 1. The molecule has 0 N–H and O–H groups in total. The molecule has 0 radical (unpaired) electrons. The van der Waals surface area contributed by atoms with Crippen molar-refractivity contribution < 1.29 is 9.47 Å². The van der Waals surface area contributed by atoms with Crippen LogP contribution in [0.25, 0.3) is 6.08 Å². The zero-order chi connectivity index (χ0) is 11.1. The summed E-state index contributed by atoms with van der Waals surface area (Å²) in [5.41, 5.74) is 1.07. The molecule has 0 aliphatic carbocycles. The molecule has 0 aliphatic rings. The van der Waals surface area contributed by atoms with Gasteiger partial charge in [-0.05, 0) is 42.9 Å². The van der Waals surface area contributed by atoms with E-state index in [1.807, 2.05) is 37.3 Å². The summed E-state index contributed by atoms with van der Waals surface area (Å²) in [6, 6.07) is 7.74. The molecule has 0 aromatic heterocycles. The van der Waals surface area contributed by atoms with Crippen LogP contribution >= 0.6 is 12.2 Å². The van der Waals surface area contributed by atoms with Gasteiger partial charge in [-0.25, -0.2) is 0 Å². The van der Waals surface area contributed by atoms with Gasteiger partial charge in [0.15, 0.2) is 5.05 Å². The lowest BCUT2D eigenvalue weighted by Gasteiger charge is -2.00. The van der Waals surface area contributed by atoms with Crippen molar-refractivity contribution in [1.29, 1.82) is 0 Å². The summed E-state index contributed by atoms with van der Waals surface area (Å²) in [7, 11) is 1.65. The first kappa shape index (κ1) is 11.7. The van der Waals surface area contributed by atoms with Gasteiger partial charge in [0.2, 0.25) is 0 Å². The molecule has 0 atom stereocenters. The number of hydrogen-bond acceptors (Lipinski definition) is 3. The molecule has 1 aromatic rings. The monoisotopic (exact) mass is 222 g/mol. The Balaban J connectivity index is 2.60. The number of ether oxygens (including phenoxy) is 2. The van der Waals surface area contributed by atoms with Crippen LogP contribution in [0.15, 0.2) is 30.3 Å². The fraction of sp³-hybridized carbons (Fsp3) is 0.250. The Kier molecular flexibility index (Phi) is 4.84. The minimum Gasteiger partial charge on any atom is -0.497 e. The van der Waals surface area contributed by atoms with Crippen molar-refractivity contribution in [3.63, 3.8) is 0 Å². The van der Waals surface area contributed by atoms with Crippen molar-refractivity contribution >= 4 is 23.3 Å². The van der Waals surface area contributed by atoms with E-state index in [-0.39, 0.29) is 0 Å². The third kappa shape index (κ3) is 4.13. The van der Waals surface area contributed by atoms with Crippen LogP contribution in [-0.4, -0.2) is 18.8 Å². The normalized spacial score (nSPS) is 10.3. The van der Waals surface area contributed by atoms with Gasteiger partial charge in [-0.1, -0.05) is 18.2 Å². The van der Waals surface area contributed by atoms with E-state index >= 15 is 0 Å². The smallest absolute Gasteiger partial charge is 0.183 e. The van der Waals surface area contributed by atoms with Crippen LogP contribution in [0.2, 0.25) is 0 Å². The molecule has 0 aliphatic heterocycles. The lowest BCUT2D eigenvalue weighted by Crippen LogP contribution is -1.95. The van der Waals surface area contributed by atoms with Gasteiger partial charge in [-0.2, -0.15) is 0 Å². The molecule has 1 aromatic carbocycles. The predicted molar refractivity (Wildman–Crippen MR) is 66.3 cm³/mol. The molecule has 0 saturated carbocycles. The molecule has 3 heteroatoms. The van der Waals surface area contributed by atoms with Gasteiger partial charge in [0.25, 0.3) is 0 Å². The van der Waals surface area contributed by atoms with Crippen LogP contribution in [0.3, 0.4) is 0 Å². The highest BCUT2D eigenvalue weighted by atomic mass is 32.1. The van der Waals surface area contributed by atoms with Gasteiger partial charge in [-0.3, -0.25) is 0 Å². The zero-order valence-electron chi connectivity index (χ0n) is 8.90. The van der Waals surface area contributed by atoms with E-state index in [0.717, 1.165) is 11.3 Å². The van der Waals surface area contributed by atoms with Crippen LogP contribution in [0, 0.1) is 0 Å². The molecule has 1 rings (SSSR count). The van der Waals surface area contributed by atoms with Gasteiger partial charge in [0.05, 0.1) is 13.7 Å². The van der Waals surface area contributed by atoms with Crippen molar-refractivity contribution in [2.24, 2.45) is 0 Å². The summed E-state index contributed by atoms with van der Waals surface area (Å²) < 4.78 is 10.2. The Morgan fingerprint density at radius 3 is 2.53 bits per heavy atom. The maximum Gasteiger partial charge on any atom is 0.183 e. The van der Waals surface area contributed by atoms with Gasteiger partial charge < -0.3 is 9.47 Å². The summed E-state index contributed by atoms with van der Waals surface area (Å²) in [6.45, 7) is 2.51. The maximum absolute atomic E-state index is 5.13. The molecule has 0 spiro atoms. The molecule has 80 valence electrons. The van der Waals surface area contributed by atoms with Crippen LogP contribution in [0.4, 0.5) is 0 Å². The highest BCUT2D eigenvalue weighted by molar-refractivity contribution is 7.80. The molecule has 0 saturated heterocycles. The Morgan fingerprint density at radius 2 is 2.00 bits per heavy atom. The fourth-order valence-electron chi connectivity index (χ4n) is 1.07. The van der Waals surface area contributed by atoms with Crippen molar-refractivity contribution in [3.8, 4) is 5.75 Å². The fourth-order valence-corrected chi connectivity index (χ4v) is 1.26. The van der Waals surface area contributed by atoms with Crippen molar-refractivity contribution in [3.05, 3.63) is 35.9 Å². The number of rotatable bonds is 4. The molecule has 0 fully saturated rings. The van der Waals surface area contributed by atoms with Crippen LogP contribution in [-0.2, 0) is 4.74 Å². The summed E-state index contributed by atoms with van der Waals surface area (Å²) in [5, 5.41) is 0.508. The van der Waals surface area contributed by atoms with E-state index in [1.165, 1.54) is 0 Å². The lowest BCUT2D eigenvalue weighted by atomic mass is 10.2. The molecule has 0 bridgehead atoms. The van der Waals surface area contributed by atoms with E-state index in [9.17, 15) is 0 Å². The standard InChI is InChI=1S/C12H14O2S/c1-3-14-12(15)9-6-10-4-7-11(13-2)8-5-10/h4-9H,3H2,1-2H3. The highest BCUT2D eigenvalue weighted by Crippen LogP contribution is 2.12. The summed E-state index contributed by atoms with van der Waals surface area (Å²) in [5.74, 6) is 0.847. The van der Waals surface area contributed by atoms with E-state index < -0.39 is 0 Å². The maximum atomic E-state index is 5.13. The van der Waals surface area contributed by atoms with Gasteiger partial charge >= 0.3 is 0 Å². The first-order valence-corrected chi connectivity index (χ1v) is 5.16. The molecule has 0 unspecified atom stereocenters. The topological polar surface area (TPSA) is 18.5 Å². The van der Waals surface area contributed by atoms with E-state index in [0.29, 0.717) is 11.7 Å². The Morgan fingerprint density at radius 1 is 1.33 bits per heavy atom. The molecular formula is C12H14O2S. The minimum atomic E-state index is 0.508. The average Bonchev–Trinajstić information content (AvgIpc) is 2.27. The summed E-state index contributed by atoms with van der Waals surface area (Å²) >= 11 is 4.97. The van der Waals surface area contributed by atoms with Gasteiger partial charge in [-0.15, -0.1) is 0 Å². The second kappa shape index (κ2) is 6.19. The number of hydrogen-bond donors (Lipinski definition) is 0. The van der Waals surface area contributed by atoms with Crippen molar-refractivity contribution in [2.75, 3.05) is 13.7 Å². The predicted octanol–water partition coefficient (Wildman–Crippen LogP) is 3.07. The first-order chi connectivity index (χ1) is 7.26. The third-order valence-electron chi connectivity index (χ3n) is 1.81. The van der Waals surface area contributed by atoms with Crippen molar-refractivity contribution in [2.45, 2.75) is 6.92 Å². The Hall–Kier alpha value is -1.35. The van der Waals surface area contributed by atoms with Crippen LogP contribution in [0.5, 0.6) is 5.75 Å². The third-order valence-corrected chi connectivity index (χ3v) is 2.07. The Bertz CT molecular complexity index is 341. The molecular weight excluding hydrogens is 208 g/mol. The second-order valence-electron chi connectivity index (χ2n) is 2.86. The number of benzene rings is 1. The van der Waals surface area contributed by atoms with Crippen LogP contribution in [0.1, 0.15) is 12.5 Å². The summed E-state index contributed by atoms with van der Waals surface area (Å²) in [4.78, 5) is 0. The van der Waals surface area contributed by atoms with Crippen molar-refractivity contribution in [1.82, 2.24) is 0 Å². The molecule has 15 heavy (non-hydrogen) atoms. The van der Waals surface area contributed by atoms with Crippen LogP contribution < -0.4 is 4.74 Å². The lowest BCUT2D eigenvalue weighted by molar-refractivity contribution is 0.339. The van der Waals surface area contributed by atoms with Gasteiger partial charge in [0.1, 0.15) is 5.75 Å². The molecule has 0 amide bonds. The molecule has 2 nitrogen and oxygen atoms in total. The number of thiocarbonyl (C=S) groups is 1. The Labute approximate surface area is 95.5 Å². The SMILES string of the molecule is CCOC(=S)C=Cc1ccc(OC)cc1. The van der Waals surface area contributed by atoms with E-state index in [4.69, 9.17) is 21.7 Å². The van der Waals surface area contributed by atoms with E-state index in [1.54, 1.807) is 13.2 Å². The second-order valence-corrected chi connectivity index (χ2v) is 3.26. The average molecular weight is 222 g/mol. The minimum absolute atomic E-state index is 0.508. The molecule has 0 heterocycles. The van der Waals surface area contributed by atoms with Gasteiger partial charge in [0, 0.05) is 0 Å². The highest BCUT2D eigenvalue weighted by Gasteiger charge is 1.91. The quantitative estimate of drug-likeness (QED) is 0.576.